The molecule has 0 aliphatic carbocycles. The number of halogens is 6. The van der Waals surface area contributed by atoms with Crippen molar-refractivity contribution in [3.63, 3.8) is 0 Å². The van der Waals surface area contributed by atoms with Gasteiger partial charge in [-0.2, -0.15) is 0 Å². The monoisotopic (exact) mass is 336 g/mol. The Hall–Kier alpha value is -2.71. The van der Waals surface area contributed by atoms with Gasteiger partial charge in [0.1, 0.15) is 11.3 Å². The van der Waals surface area contributed by atoms with Crippen LogP contribution in [0.25, 0.3) is 11.1 Å². The van der Waals surface area contributed by atoms with Gasteiger partial charge in [0.05, 0.1) is 0 Å². The zero-order valence-electron chi connectivity index (χ0n) is 10.9. The van der Waals surface area contributed by atoms with E-state index in [1.165, 1.54) is 0 Å². The molecule has 1 N–H and O–H groups in total. The van der Waals surface area contributed by atoms with Crippen molar-refractivity contribution in [3.05, 3.63) is 53.3 Å². The number of carboxylic acids is 1. The number of hydrogen-bond donors (Lipinski definition) is 1. The predicted molar refractivity (Wildman–Crippen MR) is 65.4 cm³/mol. The molecule has 0 saturated heterocycles. The van der Waals surface area contributed by atoms with Crippen molar-refractivity contribution in [1.29, 1.82) is 0 Å². The SMILES string of the molecule is O=C(O)c1ccc(-c2cc(F)c(F)c(F)c2)cc1OC(F)(F)F. The van der Waals surface area contributed by atoms with Crippen LogP contribution < -0.4 is 4.74 Å². The topological polar surface area (TPSA) is 46.5 Å². The van der Waals surface area contributed by atoms with Gasteiger partial charge >= 0.3 is 12.3 Å². The Kier molecular flexibility index (Phi) is 4.22. The molecule has 9 heteroatoms. The van der Waals surface area contributed by atoms with E-state index >= 15 is 0 Å². The summed E-state index contributed by atoms with van der Waals surface area (Å²) in [7, 11) is 0. The summed E-state index contributed by atoms with van der Waals surface area (Å²) in [6.45, 7) is 0. The first kappa shape index (κ1) is 16.7. The second-order valence-corrected chi connectivity index (χ2v) is 4.32. The molecule has 2 aromatic rings. The lowest BCUT2D eigenvalue weighted by atomic mass is 10.0. The van der Waals surface area contributed by atoms with Crippen LogP contribution in [-0.4, -0.2) is 17.4 Å². The lowest BCUT2D eigenvalue weighted by Crippen LogP contribution is -2.19. The number of carboxylic acid groups (broad SMARTS) is 1. The first-order valence-corrected chi connectivity index (χ1v) is 5.86. The molecular weight excluding hydrogens is 330 g/mol. The average Bonchev–Trinajstić information content (AvgIpc) is 2.42. The standard InChI is InChI=1S/C14H6F6O3/c15-9-3-7(4-10(16)12(9)17)6-1-2-8(13(21)22)11(5-6)23-14(18,19)20/h1-5H,(H,21,22). The van der Waals surface area contributed by atoms with E-state index in [4.69, 9.17) is 5.11 Å². The van der Waals surface area contributed by atoms with Crippen molar-refractivity contribution in [2.24, 2.45) is 0 Å². The maximum absolute atomic E-state index is 13.2. The second-order valence-electron chi connectivity index (χ2n) is 4.32. The minimum absolute atomic E-state index is 0.188. The Morgan fingerprint density at radius 3 is 2.00 bits per heavy atom. The van der Waals surface area contributed by atoms with Crippen LogP contribution in [0.1, 0.15) is 10.4 Å². The van der Waals surface area contributed by atoms with Crippen molar-refractivity contribution in [3.8, 4) is 16.9 Å². The Morgan fingerprint density at radius 1 is 0.957 bits per heavy atom. The fourth-order valence-corrected chi connectivity index (χ4v) is 1.81. The number of aromatic carboxylic acids is 1. The van der Waals surface area contributed by atoms with E-state index in [9.17, 15) is 31.1 Å². The zero-order valence-corrected chi connectivity index (χ0v) is 10.9. The van der Waals surface area contributed by atoms with Crippen LogP contribution in [0.2, 0.25) is 0 Å². The number of benzene rings is 2. The van der Waals surface area contributed by atoms with E-state index in [-0.39, 0.29) is 11.1 Å². The molecule has 122 valence electrons. The Morgan fingerprint density at radius 2 is 1.52 bits per heavy atom. The highest BCUT2D eigenvalue weighted by Crippen LogP contribution is 2.32. The number of alkyl halides is 3. The van der Waals surface area contributed by atoms with Gasteiger partial charge in [0.2, 0.25) is 0 Å². The third-order valence-electron chi connectivity index (χ3n) is 2.75. The summed E-state index contributed by atoms with van der Waals surface area (Å²) in [4.78, 5) is 10.9. The van der Waals surface area contributed by atoms with E-state index in [1.807, 2.05) is 0 Å². The Balaban J connectivity index is 2.57. The summed E-state index contributed by atoms with van der Waals surface area (Å²) in [6, 6.07) is 3.55. The fraction of sp³-hybridized carbons (Fsp3) is 0.0714. The Bertz CT molecular complexity index is 747. The lowest BCUT2D eigenvalue weighted by Gasteiger charge is -2.13. The van der Waals surface area contributed by atoms with Crippen LogP contribution in [-0.2, 0) is 0 Å². The third-order valence-corrected chi connectivity index (χ3v) is 2.75. The van der Waals surface area contributed by atoms with Crippen molar-refractivity contribution in [1.82, 2.24) is 0 Å². The highest BCUT2D eigenvalue weighted by Gasteiger charge is 2.33. The smallest absolute Gasteiger partial charge is 0.478 e. The molecule has 2 aromatic carbocycles. The molecule has 0 atom stereocenters. The first-order valence-electron chi connectivity index (χ1n) is 5.86. The van der Waals surface area contributed by atoms with E-state index in [1.54, 1.807) is 0 Å². The molecule has 0 saturated carbocycles. The highest BCUT2D eigenvalue weighted by atomic mass is 19.4. The number of rotatable bonds is 3. The molecule has 23 heavy (non-hydrogen) atoms. The number of ether oxygens (including phenoxy) is 1. The maximum atomic E-state index is 13.2. The first-order chi connectivity index (χ1) is 10.6. The quantitative estimate of drug-likeness (QED) is 0.669. The van der Waals surface area contributed by atoms with Crippen LogP contribution in [0.4, 0.5) is 26.3 Å². The van der Waals surface area contributed by atoms with Gasteiger partial charge in [0.15, 0.2) is 17.5 Å². The molecule has 0 amide bonds. The Labute approximate surface area is 124 Å². The normalized spacial score (nSPS) is 11.4. The minimum atomic E-state index is -5.16. The van der Waals surface area contributed by atoms with Crippen LogP contribution in [0, 0.1) is 17.5 Å². The molecule has 0 aliphatic heterocycles. The molecule has 3 nitrogen and oxygen atoms in total. The van der Waals surface area contributed by atoms with E-state index < -0.39 is 41.1 Å². The van der Waals surface area contributed by atoms with Crippen molar-refractivity contribution < 1.29 is 41.0 Å². The third kappa shape index (κ3) is 3.74. The van der Waals surface area contributed by atoms with Gasteiger partial charge < -0.3 is 9.84 Å². The van der Waals surface area contributed by atoms with E-state index in [0.717, 1.165) is 12.1 Å². The van der Waals surface area contributed by atoms with Crippen LogP contribution in [0.3, 0.4) is 0 Å². The van der Waals surface area contributed by atoms with Crippen molar-refractivity contribution >= 4 is 5.97 Å². The molecular formula is C14H6F6O3. The number of hydrogen-bond acceptors (Lipinski definition) is 2. The summed E-state index contributed by atoms with van der Waals surface area (Å²) in [5.41, 5.74) is -1.27. The summed E-state index contributed by atoms with van der Waals surface area (Å²) in [6.07, 6.45) is -5.16. The lowest BCUT2D eigenvalue weighted by molar-refractivity contribution is -0.274. The zero-order chi connectivity index (χ0) is 17.4. The van der Waals surface area contributed by atoms with E-state index in [0.29, 0.717) is 18.2 Å². The average molecular weight is 336 g/mol. The number of carbonyl (C=O) groups is 1. The maximum Gasteiger partial charge on any atom is 0.573 e. The molecule has 0 aliphatic rings. The van der Waals surface area contributed by atoms with Crippen LogP contribution in [0.15, 0.2) is 30.3 Å². The van der Waals surface area contributed by atoms with Crippen molar-refractivity contribution in [2.45, 2.75) is 6.36 Å². The molecule has 0 radical (unpaired) electrons. The van der Waals surface area contributed by atoms with Crippen LogP contribution >= 0.6 is 0 Å². The summed E-state index contributed by atoms with van der Waals surface area (Å²) >= 11 is 0. The van der Waals surface area contributed by atoms with Gasteiger partial charge in [-0.25, -0.2) is 18.0 Å². The summed E-state index contributed by atoms with van der Waals surface area (Å²) in [5, 5.41) is 8.83. The van der Waals surface area contributed by atoms with Crippen LogP contribution in [0.5, 0.6) is 5.75 Å². The second kappa shape index (κ2) is 5.82. The van der Waals surface area contributed by atoms with Gasteiger partial charge in [-0.3, -0.25) is 0 Å². The molecule has 0 unspecified atom stereocenters. The predicted octanol–water partition coefficient (Wildman–Crippen LogP) is 4.37. The summed E-state index contributed by atoms with van der Waals surface area (Å²) in [5.74, 6) is -7.57. The molecule has 0 aromatic heterocycles. The fourth-order valence-electron chi connectivity index (χ4n) is 1.81. The highest BCUT2D eigenvalue weighted by molar-refractivity contribution is 5.92. The molecule has 0 fully saturated rings. The molecule has 0 heterocycles. The van der Waals surface area contributed by atoms with Gasteiger partial charge in [-0.1, -0.05) is 6.07 Å². The van der Waals surface area contributed by atoms with Gasteiger partial charge in [-0.15, -0.1) is 13.2 Å². The minimum Gasteiger partial charge on any atom is -0.478 e. The van der Waals surface area contributed by atoms with Crippen molar-refractivity contribution in [2.75, 3.05) is 0 Å². The van der Waals surface area contributed by atoms with Gasteiger partial charge in [0.25, 0.3) is 0 Å². The largest absolute Gasteiger partial charge is 0.573 e. The molecule has 0 spiro atoms. The molecule has 2 rings (SSSR count). The summed E-state index contributed by atoms with van der Waals surface area (Å²) < 4.78 is 79.8. The molecule has 0 bridgehead atoms. The van der Waals surface area contributed by atoms with E-state index in [2.05, 4.69) is 4.74 Å². The van der Waals surface area contributed by atoms with Gasteiger partial charge in [-0.05, 0) is 35.4 Å². The van der Waals surface area contributed by atoms with Gasteiger partial charge in [0, 0.05) is 0 Å².